The van der Waals surface area contributed by atoms with E-state index in [-0.39, 0.29) is 31.1 Å². The number of esters is 1. The first kappa shape index (κ1) is 24.0. The van der Waals surface area contributed by atoms with Crippen LogP contribution in [0.5, 0.6) is 5.75 Å². The Morgan fingerprint density at radius 1 is 1.08 bits per heavy atom. The summed E-state index contributed by atoms with van der Waals surface area (Å²) in [5, 5.41) is 0. The first-order chi connectivity index (χ1) is 17.2. The van der Waals surface area contributed by atoms with Gasteiger partial charge in [0.15, 0.2) is 6.61 Å². The Bertz CT molecular complexity index is 1300. The summed E-state index contributed by atoms with van der Waals surface area (Å²) in [4.78, 5) is 44.2. The molecule has 36 heavy (non-hydrogen) atoms. The fourth-order valence-corrected chi connectivity index (χ4v) is 4.63. The number of imide groups is 1. The number of imidazole rings is 1. The fourth-order valence-electron chi connectivity index (χ4n) is 4.63. The molecule has 3 aromatic rings. The molecule has 5 rings (SSSR count). The first-order valence-corrected chi connectivity index (χ1v) is 12.1. The monoisotopic (exact) mass is 491 g/mol. The zero-order valence-corrected chi connectivity index (χ0v) is 20.7. The van der Waals surface area contributed by atoms with Crippen LogP contribution in [0.1, 0.15) is 60.2 Å². The van der Waals surface area contributed by atoms with Crippen molar-refractivity contribution in [3.05, 3.63) is 59.4 Å². The lowest BCUT2D eigenvalue weighted by Gasteiger charge is -2.19. The summed E-state index contributed by atoms with van der Waals surface area (Å²) in [6.45, 7) is 6.37. The smallest absolute Gasteiger partial charge is 0.344 e. The molecule has 0 spiro atoms. The summed E-state index contributed by atoms with van der Waals surface area (Å²) in [6, 6.07) is 12.3. The van der Waals surface area contributed by atoms with Crippen LogP contribution in [-0.4, -0.2) is 57.2 Å². The standard InChI is InChI=1S/C27H29N3O6/c1-27(2,3)36-23(31)16-35-21-12-6-11-20-24(21)28-22(29(20)14-17-8-7-13-34-17)15-30-25(32)18-9-4-5-10-19(18)26(30)33/h4-6,9-12,17H,7-8,13-16H2,1-3H3/t17-/m0/s1. The second kappa shape index (κ2) is 9.39. The van der Waals surface area contributed by atoms with E-state index < -0.39 is 11.6 Å². The van der Waals surface area contributed by atoms with Gasteiger partial charge in [0, 0.05) is 6.61 Å². The molecule has 2 aliphatic rings. The molecule has 188 valence electrons. The third-order valence-electron chi connectivity index (χ3n) is 6.17. The van der Waals surface area contributed by atoms with Gasteiger partial charge >= 0.3 is 5.97 Å². The van der Waals surface area contributed by atoms with Crippen molar-refractivity contribution < 1.29 is 28.6 Å². The van der Waals surface area contributed by atoms with E-state index in [4.69, 9.17) is 19.2 Å². The van der Waals surface area contributed by atoms with E-state index in [1.165, 1.54) is 4.90 Å². The second-order valence-electron chi connectivity index (χ2n) is 10.0. The number of fused-ring (bicyclic) bond motifs is 2. The highest BCUT2D eigenvalue weighted by atomic mass is 16.6. The predicted octanol–water partition coefficient (Wildman–Crippen LogP) is 3.73. The molecule has 0 bridgehead atoms. The average molecular weight is 492 g/mol. The van der Waals surface area contributed by atoms with Gasteiger partial charge in [-0.25, -0.2) is 9.78 Å². The van der Waals surface area contributed by atoms with Gasteiger partial charge in [0.2, 0.25) is 0 Å². The van der Waals surface area contributed by atoms with E-state index in [9.17, 15) is 14.4 Å². The number of carbonyl (C=O) groups excluding carboxylic acids is 3. The fraction of sp³-hybridized carbons (Fsp3) is 0.407. The summed E-state index contributed by atoms with van der Waals surface area (Å²) < 4.78 is 19.0. The summed E-state index contributed by atoms with van der Waals surface area (Å²) in [7, 11) is 0. The number of rotatable bonds is 7. The lowest BCUT2D eigenvalue weighted by Crippen LogP contribution is -2.31. The van der Waals surface area contributed by atoms with Crippen molar-refractivity contribution >= 4 is 28.8 Å². The highest BCUT2D eigenvalue weighted by molar-refractivity contribution is 6.21. The molecule has 1 saturated heterocycles. The average Bonchev–Trinajstić information content (AvgIpc) is 3.53. The largest absolute Gasteiger partial charge is 0.480 e. The highest BCUT2D eigenvalue weighted by Crippen LogP contribution is 2.30. The minimum Gasteiger partial charge on any atom is -0.480 e. The molecule has 9 heteroatoms. The number of para-hydroxylation sites is 1. The van der Waals surface area contributed by atoms with Crippen LogP contribution in [0.25, 0.3) is 11.0 Å². The normalized spacial score (nSPS) is 17.6. The molecule has 0 aliphatic carbocycles. The molecular formula is C27H29N3O6. The number of nitrogens with zero attached hydrogens (tertiary/aromatic N) is 3. The van der Waals surface area contributed by atoms with Gasteiger partial charge in [-0.15, -0.1) is 0 Å². The van der Waals surface area contributed by atoms with Gasteiger partial charge in [0.1, 0.15) is 22.7 Å². The minimum atomic E-state index is -0.616. The number of benzene rings is 2. The third-order valence-corrected chi connectivity index (χ3v) is 6.17. The van der Waals surface area contributed by atoms with Crippen LogP contribution in [0.15, 0.2) is 42.5 Å². The Labute approximate surface area is 208 Å². The van der Waals surface area contributed by atoms with E-state index >= 15 is 0 Å². The number of hydrogen-bond donors (Lipinski definition) is 0. The quantitative estimate of drug-likeness (QED) is 0.367. The maximum atomic E-state index is 13.0. The molecule has 0 unspecified atom stereocenters. The number of hydrogen-bond acceptors (Lipinski definition) is 7. The zero-order chi connectivity index (χ0) is 25.4. The molecule has 2 amide bonds. The lowest BCUT2D eigenvalue weighted by atomic mass is 10.1. The van der Waals surface area contributed by atoms with Gasteiger partial charge in [-0.2, -0.15) is 0 Å². The Hall–Kier alpha value is -3.72. The van der Waals surface area contributed by atoms with Crippen molar-refractivity contribution in [1.29, 1.82) is 0 Å². The van der Waals surface area contributed by atoms with Gasteiger partial charge in [-0.05, 0) is 57.9 Å². The predicted molar refractivity (Wildman–Crippen MR) is 131 cm³/mol. The van der Waals surface area contributed by atoms with Crippen molar-refractivity contribution in [2.75, 3.05) is 13.2 Å². The van der Waals surface area contributed by atoms with Crippen molar-refractivity contribution in [1.82, 2.24) is 14.5 Å². The molecule has 0 radical (unpaired) electrons. The van der Waals surface area contributed by atoms with Gasteiger partial charge in [-0.3, -0.25) is 14.5 Å². The first-order valence-electron chi connectivity index (χ1n) is 12.1. The van der Waals surface area contributed by atoms with E-state index in [1.54, 1.807) is 51.1 Å². The molecule has 3 heterocycles. The maximum absolute atomic E-state index is 13.0. The Morgan fingerprint density at radius 2 is 1.81 bits per heavy atom. The van der Waals surface area contributed by atoms with E-state index in [2.05, 4.69) is 0 Å². The summed E-state index contributed by atoms with van der Waals surface area (Å²) in [5.74, 6) is -0.193. The van der Waals surface area contributed by atoms with Crippen LogP contribution in [0, 0.1) is 0 Å². The molecule has 0 N–H and O–H groups in total. The summed E-state index contributed by atoms with van der Waals surface area (Å²) in [6.07, 6.45) is 1.91. The molecule has 1 fully saturated rings. The third kappa shape index (κ3) is 4.70. The van der Waals surface area contributed by atoms with Crippen molar-refractivity contribution in [2.24, 2.45) is 0 Å². The van der Waals surface area contributed by atoms with Crippen LogP contribution >= 0.6 is 0 Å². The van der Waals surface area contributed by atoms with Crippen molar-refractivity contribution in [2.45, 2.75) is 58.4 Å². The van der Waals surface area contributed by atoms with Crippen LogP contribution in [-0.2, 0) is 27.4 Å². The van der Waals surface area contributed by atoms with Gasteiger partial charge in [0.25, 0.3) is 11.8 Å². The number of carbonyl (C=O) groups is 3. The van der Waals surface area contributed by atoms with E-state index in [0.29, 0.717) is 41.4 Å². The van der Waals surface area contributed by atoms with Crippen LogP contribution in [0.4, 0.5) is 0 Å². The Kier molecular flexibility index (Phi) is 6.26. The van der Waals surface area contributed by atoms with E-state index in [1.807, 2.05) is 16.7 Å². The summed E-state index contributed by atoms with van der Waals surface area (Å²) in [5.41, 5.74) is 1.50. The number of ether oxygens (including phenoxy) is 3. The molecule has 2 aliphatic heterocycles. The highest BCUT2D eigenvalue weighted by Gasteiger charge is 2.36. The zero-order valence-electron chi connectivity index (χ0n) is 20.7. The Balaban J connectivity index is 1.47. The summed E-state index contributed by atoms with van der Waals surface area (Å²) >= 11 is 0. The lowest BCUT2D eigenvalue weighted by molar-refractivity contribution is -0.157. The molecule has 1 atom stereocenters. The van der Waals surface area contributed by atoms with Crippen molar-refractivity contribution in [3.63, 3.8) is 0 Å². The van der Waals surface area contributed by atoms with Crippen molar-refractivity contribution in [3.8, 4) is 5.75 Å². The topological polar surface area (TPSA) is 100.0 Å². The minimum absolute atomic E-state index is 0.00895. The molecule has 9 nitrogen and oxygen atoms in total. The SMILES string of the molecule is CC(C)(C)OC(=O)COc1cccc2c1nc(CN1C(=O)c3ccccc3C1=O)n2C[C@@H]1CCCO1. The molecular weight excluding hydrogens is 462 g/mol. The molecule has 0 saturated carbocycles. The van der Waals surface area contributed by atoms with Gasteiger partial charge in [0.05, 0.1) is 35.8 Å². The number of amides is 2. The van der Waals surface area contributed by atoms with Crippen LogP contribution in [0.3, 0.4) is 0 Å². The van der Waals surface area contributed by atoms with Gasteiger partial charge < -0.3 is 18.8 Å². The van der Waals surface area contributed by atoms with Crippen LogP contribution < -0.4 is 4.74 Å². The maximum Gasteiger partial charge on any atom is 0.344 e. The van der Waals surface area contributed by atoms with E-state index in [0.717, 1.165) is 18.4 Å². The van der Waals surface area contributed by atoms with Gasteiger partial charge in [-0.1, -0.05) is 18.2 Å². The van der Waals surface area contributed by atoms with Crippen LogP contribution in [0.2, 0.25) is 0 Å². The Morgan fingerprint density at radius 3 is 2.44 bits per heavy atom. The number of aromatic nitrogens is 2. The molecule has 1 aromatic heterocycles. The molecule has 2 aromatic carbocycles. The second-order valence-corrected chi connectivity index (χ2v) is 10.0.